The van der Waals surface area contributed by atoms with E-state index in [0.29, 0.717) is 5.39 Å². The molecule has 2 aliphatic rings. The number of amides is 2. The Morgan fingerprint density at radius 2 is 1.75 bits per heavy atom. The van der Waals surface area contributed by atoms with E-state index in [1.54, 1.807) is 24.3 Å². The molecule has 0 aromatic heterocycles. The molecule has 0 saturated carbocycles. The Morgan fingerprint density at radius 1 is 1.04 bits per heavy atom. The highest BCUT2D eigenvalue weighted by Crippen LogP contribution is 2.28. The summed E-state index contributed by atoms with van der Waals surface area (Å²) in [5, 5.41) is 4.24. The van der Waals surface area contributed by atoms with Gasteiger partial charge in [-0.2, -0.15) is 4.31 Å². The molecule has 2 heterocycles. The predicted molar refractivity (Wildman–Crippen MR) is 105 cm³/mol. The molecule has 2 aromatic rings. The summed E-state index contributed by atoms with van der Waals surface area (Å²) < 4.78 is 28.0. The smallest absolute Gasteiger partial charge is 0.246 e. The number of nitrogens with zero attached hydrogens (tertiary/aromatic N) is 2. The van der Waals surface area contributed by atoms with Crippen LogP contribution in [0, 0.1) is 5.92 Å². The molecule has 2 atom stereocenters. The van der Waals surface area contributed by atoms with Gasteiger partial charge in [0.1, 0.15) is 12.1 Å². The monoisotopic (exact) mass is 401 g/mol. The molecule has 2 aromatic carbocycles. The molecular formula is C20H23N3O4S. The van der Waals surface area contributed by atoms with Gasteiger partial charge in [-0.3, -0.25) is 9.59 Å². The van der Waals surface area contributed by atoms with Gasteiger partial charge in [0.2, 0.25) is 21.8 Å². The number of carbonyl (C=O) groups excluding carboxylic acids is 2. The molecular weight excluding hydrogens is 378 g/mol. The number of carbonyl (C=O) groups is 2. The highest BCUT2D eigenvalue weighted by Gasteiger charge is 2.46. The van der Waals surface area contributed by atoms with Crippen LogP contribution in [0.5, 0.6) is 0 Å². The maximum atomic E-state index is 13.3. The predicted octanol–water partition coefficient (Wildman–Crippen LogP) is 1.20. The van der Waals surface area contributed by atoms with Gasteiger partial charge in [0.15, 0.2) is 0 Å². The van der Waals surface area contributed by atoms with Crippen LogP contribution in [0.3, 0.4) is 0 Å². The van der Waals surface area contributed by atoms with Crippen LogP contribution in [0.15, 0.2) is 47.4 Å². The molecule has 4 rings (SSSR count). The lowest BCUT2D eigenvalue weighted by molar-refractivity contribution is -0.152. The summed E-state index contributed by atoms with van der Waals surface area (Å²) in [5.74, 6) is -0.451. The fourth-order valence-corrected chi connectivity index (χ4v) is 5.62. The van der Waals surface area contributed by atoms with Crippen LogP contribution >= 0.6 is 0 Å². The summed E-state index contributed by atoms with van der Waals surface area (Å²) in [4.78, 5) is 27.0. The number of rotatable bonds is 3. The van der Waals surface area contributed by atoms with Gasteiger partial charge < -0.3 is 10.2 Å². The molecule has 0 bridgehead atoms. The third kappa shape index (κ3) is 2.97. The van der Waals surface area contributed by atoms with Gasteiger partial charge >= 0.3 is 0 Å². The average Bonchev–Trinajstić information content (AvgIpc) is 2.69. The van der Waals surface area contributed by atoms with E-state index in [2.05, 4.69) is 5.32 Å². The van der Waals surface area contributed by atoms with Crippen LogP contribution in [-0.4, -0.2) is 61.2 Å². The Hall–Kier alpha value is -2.45. The van der Waals surface area contributed by atoms with Gasteiger partial charge in [-0.1, -0.05) is 50.2 Å². The highest BCUT2D eigenvalue weighted by atomic mass is 32.2. The zero-order valence-electron chi connectivity index (χ0n) is 15.8. The van der Waals surface area contributed by atoms with Crippen molar-refractivity contribution in [3.8, 4) is 0 Å². The van der Waals surface area contributed by atoms with E-state index in [-0.39, 0.29) is 42.3 Å². The first-order chi connectivity index (χ1) is 13.3. The lowest BCUT2D eigenvalue weighted by Gasteiger charge is -2.45. The van der Waals surface area contributed by atoms with E-state index in [4.69, 9.17) is 0 Å². The first-order valence-electron chi connectivity index (χ1n) is 9.39. The SMILES string of the molecule is CC(C)[C@@H]1NC(=O)[C@H]2CN(S(=O)(=O)c3cccc4ccccc34)CCN2C1=O. The quantitative estimate of drug-likeness (QED) is 0.837. The van der Waals surface area contributed by atoms with Crippen LogP contribution in [0.2, 0.25) is 0 Å². The topological polar surface area (TPSA) is 86.8 Å². The van der Waals surface area contributed by atoms with Crippen LogP contribution in [0.25, 0.3) is 10.8 Å². The van der Waals surface area contributed by atoms with Crippen molar-refractivity contribution >= 4 is 32.6 Å². The van der Waals surface area contributed by atoms with Crippen molar-refractivity contribution in [3.63, 3.8) is 0 Å². The zero-order valence-corrected chi connectivity index (χ0v) is 16.6. The zero-order chi connectivity index (χ0) is 20.1. The van der Waals surface area contributed by atoms with E-state index in [1.807, 2.05) is 32.0 Å². The van der Waals surface area contributed by atoms with Gasteiger partial charge in [0, 0.05) is 25.0 Å². The minimum atomic E-state index is -3.79. The number of hydrogen-bond acceptors (Lipinski definition) is 4. The number of sulfonamides is 1. The Labute approximate surface area is 164 Å². The first kappa shape index (κ1) is 18.9. The Balaban J connectivity index is 1.65. The Bertz CT molecular complexity index is 1050. The third-order valence-corrected chi connectivity index (χ3v) is 7.45. The molecule has 0 unspecified atom stereocenters. The number of hydrogen-bond donors (Lipinski definition) is 1. The molecule has 2 aliphatic heterocycles. The van der Waals surface area contributed by atoms with Crippen molar-refractivity contribution in [1.82, 2.24) is 14.5 Å². The molecule has 148 valence electrons. The molecule has 7 nitrogen and oxygen atoms in total. The van der Waals surface area contributed by atoms with Crippen molar-refractivity contribution < 1.29 is 18.0 Å². The van der Waals surface area contributed by atoms with Crippen molar-refractivity contribution in [2.24, 2.45) is 5.92 Å². The average molecular weight is 401 g/mol. The van der Waals surface area contributed by atoms with Crippen molar-refractivity contribution in [2.45, 2.75) is 30.8 Å². The second-order valence-corrected chi connectivity index (χ2v) is 9.52. The number of benzene rings is 2. The fourth-order valence-electron chi connectivity index (χ4n) is 3.97. The van der Waals surface area contributed by atoms with E-state index < -0.39 is 22.1 Å². The number of piperazine rings is 2. The van der Waals surface area contributed by atoms with Crippen LogP contribution < -0.4 is 5.32 Å². The summed E-state index contributed by atoms with van der Waals surface area (Å²) in [7, 11) is -3.79. The minimum absolute atomic E-state index is 0.0187. The van der Waals surface area contributed by atoms with Crippen molar-refractivity contribution in [1.29, 1.82) is 0 Å². The van der Waals surface area contributed by atoms with Gasteiger partial charge in [-0.05, 0) is 17.4 Å². The Kier molecular flexibility index (Phi) is 4.63. The third-order valence-electron chi connectivity index (χ3n) is 5.53. The fraction of sp³-hybridized carbons (Fsp3) is 0.400. The second-order valence-electron chi connectivity index (χ2n) is 7.62. The van der Waals surface area contributed by atoms with Crippen molar-refractivity contribution in [3.05, 3.63) is 42.5 Å². The minimum Gasteiger partial charge on any atom is -0.342 e. The van der Waals surface area contributed by atoms with Crippen LogP contribution in [0.1, 0.15) is 13.8 Å². The number of nitrogens with one attached hydrogen (secondary N) is 1. The standard InChI is InChI=1S/C20H23N3O4S/c1-13(2)18-20(25)23-11-10-22(12-16(23)19(24)21-18)28(26,27)17-9-5-7-14-6-3-4-8-15(14)17/h3-9,13,16,18H,10-12H2,1-2H3,(H,21,24)/t16-,18+/m1/s1. The molecule has 8 heteroatoms. The molecule has 0 spiro atoms. The van der Waals surface area contributed by atoms with E-state index >= 15 is 0 Å². The van der Waals surface area contributed by atoms with E-state index in [1.165, 1.54) is 9.21 Å². The van der Waals surface area contributed by atoms with Gasteiger partial charge in [0.05, 0.1) is 4.90 Å². The summed E-state index contributed by atoms with van der Waals surface area (Å²) >= 11 is 0. The van der Waals surface area contributed by atoms with Gasteiger partial charge in [0.25, 0.3) is 0 Å². The highest BCUT2D eigenvalue weighted by molar-refractivity contribution is 7.89. The molecule has 2 fully saturated rings. The molecule has 28 heavy (non-hydrogen) atoms. The van der Waals surface area contributed by atoms with E-state index in [9.17, 15) is 18.0 Å². The first-order valence-corrected chi connectivity index (χ1v) is 10.8. The molecule has 0 aliphatic carbocycles. The summed E-state index contributed by atoms with van der Waals surface area (Å²) in [5.41, 5.74) is 0. The lowest BCUT2D eigenvalue weighted by Crippen LogP contribution is -2.70. The normalized spacial score (nSPS) is 23.8. The van der Waals surface area contributed by atoms with Crippen LogP contribution in [0.4, 0.5) is 0 Å². The summed E-state index contributed by atoms with van der Waals surface area (Å²) in [6.07, 6.45) is 0. The van der Waals surface area contributed by atoms with Crippen molar-refractivity contribution in [2.75, 3.05) is 19.6 Å². The van der Waals surface area contributed by atoms with E-state index in [0.717, 1.165) is 5.39 Å². The maximum Gasteiger partial charge on any atom is 0.246 e. The van der Waals surface area contributed by atoms with Crippen LogP contribution in [-0.2, 0) is 19.6 Å². The van der Waals surface area contributed by atoms with Gasteiger partial charge in [-0.25, -0.2) is 8.42 Å². The molecule has 2 saturated heterocycles. The summed E-state index contributed by atoms with van der Waals surface area (Å²) in [6.45, 7) is 4.11. The second kappa shape index (κ2) is 6.86. The number of fused-ring (bicyclic) bond motifs is 2. The molecule has 0 radical (unpaired) electrons. The summed E-state index contributed by atoms with van der Waals surface area (Å²) in [6, 6.07) is 11.1. The molecule has 1 N–H and O–H groups in total. The maximum absolute atomic E-state index is 13.3. The lowest BCUT2D eigenvalue weighted by atomic mass is 9.97. The largest absolute Gasteiger partial charge is 0.342 e. The Morgan fingerprint density at radius 3 is 2.50 bits per heavy atom. The van der Waals surface area contributed by atoms with Gasteiger partial charge in [-0.15, -0.1) is 0 Å². The molecule has 2 amide bonds.